The Labute approximate surface area is 119 Å². The first-order valence-electron chi connectivity index (χ1n) is 6.77. The van der Waals surface area contributed by atoms with Crippen molar-refractivity contribution >= 4 is 11.9 Å². The minimum absolute atomic E-state index is 0.133. The van der Waals surface area contributed by atoms with E-state index in [0.717, 1.165) is 0 Å². The molecule has 0 spiro atoms. The van der Waals surface area contributed by atoms with Crippen LogP contribution in [0.25, 0.3) is 0 Å². The lowest BCUT2D eigenvalue weighted by Crippen LogP contribution is -2.42. The largest absolute Gasteiger partial charge is 0.370 e. The van der Waals surface area contributed by atoms with Crippen LogP contribution in [0.2, 0.25) is 0 Å². The number of nitrogens with two attached hydrogens (primary N) is 1. The molecule has 0 atom stereocenters. The minimum Gasteiger partial charge on any atom is -0.370 e. The molecule has 4 N–H and O–H groups in total. The highest BCUT2D eigenvalue weighted by Crippen LogP contribution is 2.21. The molecule has 0 saturated heterocycles. The van der Waals surface area contributed by atoms with Gasteiger partial charge in [-0.15, -0.1) is 0 Å². The SMILES string of the molecule is CC(C)(CNC(=O)NCCCC(N)=O)c1ccccc1. The van der Waals surface area contributed by atoms with Crippen LogP contribution in [0, 0.1) is 0 Å². The molecule has 0 radical (unpaired) electrons. The zero-order valence-electron chi connectivity index (χ0n) is 12.1. The second kappa shape index (κ2) is 7.53. The maximum Gasteiger partial charge on any atom is 0.314 e. The first-order chi connectivity index (χ1) is 9.42. The molecule has 0 heterocycles. The molecule has 0 aromatic heterocycles. The van der Waals surface area contributed by atoms with Gasteiger partial charge in [-0.1, -0.05) is 44.2 Å². The van der Waals surface area contributed by atoms with E-state index in [1.807, 2.05) is 30.3 Å². The Morgan fingerprint density at radius 1 is 1.15 bits per heavy atom. The zero-order valence-corrected chi connectivity index (χ0v) is 12.1. The molecule has 1 aromatic rings. The van der Waals surface area contributed by atoms with Gasteiger partial charge < -0.3 is 16.4 Å². The van der Waals surface area contributed by atoms with E-state index in [-0.39, 0.29) is 23.8 Å². The van der Waals surface area contributed by atoms with Crippen LogP contribution in [-0.2, 0) is 10.2 Å². The predicted octanol–water partition coefficient (Wildman–Crippen LogP) is 1.53. The van der Waals surface area contributed by atoms with Crippen molar-refractivity contribution < 1.29 is 9.59 Å². The van der Waals surface area contributed by atoms with E-state index in [1.165, 1.54) is 5.56 Å². The lowest BCUT2D eigenvalue weighted by Gasteiger charge is -2.25. The lowest BCUT2D eigenvalue weighted by atomic mass is 9.85. The smallest absolute Gasteiger partial charge is 0.314 e. The third-order valence-corrected chi connectivity index (χ3v) is 3.13. The number of carbonyl (C=O) groups excluding carboxylic acids is 2. The Balaban J connectivity index is 2.31. The van der Waals surface area contributed by atoms with Crippen LogP contribution in [0.15, 0.2) is 30.3 Å². The number of primary amides is 1. The van der Waals surface area contributed by atoms with Gasteiger partial charge in [0.15, 0.2) is 0 Å². The van der Waals surface area contributed by atoms with Crippen LogP contribution in [0.5, 0.6) is 0 Å². The summed E-state index contributed by atoms with van der Waals surface area (Å²) in [6.07, 6.45) is 0.848. The van der Waals surface area contributed by atoms with Gasteiger partial charge in [0.25, 0.3) is 0 Å². The summed E-state index contributed by atoms with van der Waals surface area (Å²) in [5.41, 5.74) is 6.06. The molecule has 3 amide bonds. The highest BCUT2D eigenvalue weighted by molar-refractivity contribution is 5.75. The van der Waals surface area contributed by atoms with E-state index in [4.69, 9.17) is 5.73 Å². The monoisotopic (exact) mass is 277 g/mol. The van der Waals surface area contributed by atoms with Gasteiger partial charge in [-0.05, 0) is 12.0 Å². The van der Waals surface area contributed by atoms with Gasteiger partial charge in [-0.25, -0.2) is 4.79 Å². The number of carbonyl (C=O) groups is 2. The summed E-state index contributed by atoms with van der Waals surface area (Å²) in [6, 6.07) is 9.82. The Bertz CT molecular complexity index is 444. The van der Waals surface area contributed by atoms with E-state index < -0.39 is 0 Å². The van der Waals surface area contributed by atoms with Crippen LogP contribution < -0.4 is 16.4 Å². The first kappa shape index (κ1) is 16.0. The molecule has 0 bridgehead atoms. The molecule has 20 heavy (non-hydrogen) atoms. The molecule has 1 rings (SSSR count). The van der Waals surface area contributed by atoms with Crippen molar-refractivity contribution in [2.75, 3.05) is 13.1 Å². The average molecular weight is 277 g/mol. The fourth-order valence-electron chi connectivity index (χ4n) is 1.82. The van der Waals surface area contributed by atoms with E-state index in [0.29, 0.717) is 19.5 Å². The lowest BCUT2D eigenvalue weighted by molar-refractivity contribution is -0.118. The number of urea groups is 1. The Kier molecular flexibility index (Phi) is 6.03. The summed E-state index contributed by atoms with van der Waals surface area (Å²) in [5, 5.41) is 5.55. The number of hydrogen-bond donors (Lipinski definition) is 3. The average Bonchev–Trinajstić information content (AvgIpc) is 2.42. The number of benzene rings is 1. The van der Waals surface area contributed by atoms with Crippen LogP contribution >= 0.6 is 0 Å². The van der Waals surface area contributed by atoms with Crippen LogP contribution in [0.3, 0.4) is 0 Å². The highest BCUT2D eigenvalue weighted by Gasteiger charge is 2.20. The standard InChI is InChI=1S/C15H23N3O2/c1-15(2,12-7-4-3-5-8-12)11-18-14(20)17-10-6-9-13(16)19/h3-5,7-8H,6,9-11H2,1-2H3,(H2,16,19)(H2,17,18,20). The number of amides is 3. The second-order valence-corrected chi connectivity index (χ2v) is 5.43. The van der Waals surface area contributed by atoms with Crippen molar-refractivity contribution in [1.29, 1.82) is 0 Å². The van der Waals surface area contributed by atoms with Crippen molar-refractivity contribution in [2.24, 2.45) is 5.73 Å². The quantitative estimate of drug-likeness (QED) is 0.660. The van der Waals surface area contributed by atoms with Gasteiger partial charge in [0.2, 0.25) is 5.91 Å². The molecule has 0 aliphatic carbocycles. The van der Waals surface area contributed by atoms with Crippen LogP contribution in [0.1, 0.15) is 32.3 Å². The molecule has 0 aliphatic rings. The van der Waals surface area contributed by atoms with Crippen molar-refractivity contribution in [1.82, 2.24) is 10.6 Å². The fraction of sp³-hybridized carbons (Fsp3) is 0.467. The maximum atomic E-state index is 11.6. The number of hydrogen-bond acceptors (Lipinski definition) is 2. The molecule has 110 valence electrons. The normalized spacial score (nSPS) is 10.9. The Morgan fingerprint density at radius 2 is 1.80 bits per heavy atom. The fourth-order valence-corrected chi connectivity index (χ4v) is 1.82. The zero-order chi connectivity index (χ0) is 15.0. The van der Waals surface area contributed by atoms with E-state index >= 15 is 0 Å². The molecule has 5 nitrogen and oxygen atoms in total. The predicted molar refractivity (Wildman–Crippen MR) is 79.3 cm³/mol. The van der Waals surface area contributed by atoms with Gasteiger partial charge in [-0.2, -0.15) is 0 Å². The second-order valence-electron chi connectivity index (χ2n) is 5.43. The summed E-state index contributed by atoms with van der Waals surface area (Å²) in [5.74, 6) is -0.350. The molecule has 1 aromatic carbocycles. The summed E-state index contributed by atoms with van der Waals surface area (Å²) in [7, 11) is 0. The van der Waals surface area contributed by atoms with Crippen molar-refractivity contribution in [3.8, 4) is 0 Å². The van der Waals surface area contributed by atoms with Crippen LogP contribution in [-0.4, -0.2) is 25.0 Å². The third kappa shape index (κ3) is 5.73. The van der Waals surface area contributed by atoms with Gasteiger partial charge in [0.05, 0.1) is 0 Å². The summed E-state index contributed by atoms with van der Waals surface area (Å²) in [4.78, 5) is 22.2. The van der Waals surface area contributed by atoms with Gasteiger partial charge in [0.1, 0.15) is 0 Å². The van der Waals surface area contributed by atoms with Crippen molar-refractivity contribution in [3.05, 3.63) is 35.9 Å². The number of nitrogens with one attached hydrogen (secondary N) is 2. The highest BCUT2D eigenvalue weighted by atomic mass is 16.2. The molecular formula is C15H23N3O2. The van der Waals surface area contributed by atoms with Gasteiger partial charge in [-0.3, -0.25) is 4.79 Å². The molecular weight excluding hydrogens is 254 g/mol. The first-order valence-corrected chi connectivity index (χ1v) is 6.77. The van der Waals surface area contributed by atoms with Gasteiger partial charge >= 0.3 is 6.03 Å². The molecule has 0 unspecified atom stereocenters. The number of rotatable bonds is 7. The molecule has 0 fully saturated rings. The minimum atomic E-state index is -0.350. The van der Waals surface area contributed by atoms with Crippen molar-refractivity contribution in [3.63, 3.8) is 0 Å². The van der Waals surface area contributed by atoms with Gasteiger partial charge in [0, 0.05) is 24.9 Å². The molecule has 0 aliphatic heterocycles. The summed E-state index contributed by atoms with van der Waals surface area (Å²) >= 11 is 0. The topological polar surface area (TPSA) is 84.2 Å². The summed E-state index contributed by atoms with van der Waals surface area (Å²) in [6.45, 7) is 5.14. The third-order valence-electron chi connectivity index (χ3n) is 3.13. The van der Waals surface area contributed by atoms with E-state index in [9.17, 15) is 9.59 Å². The van der Waals surface area contributed by atoms with Crippen molar-refractivity contribution in [2.45, 2.75) is 32.1 Å². The molecule has 5 heteroatoms. The van der Waals surface area contributed by atoms with Crippen LogP contribution in [0.4, 0.5) is 4.79 Å². The molecule has 0 saturated carbocycles. The summed E-state index contributed by atoms with van der Waals surface area (Å²) < 4.78 is 0. The van der Waals surface area contributed by atoms with E-state index in [1.54, 1.807) is 0 Å². The maximum absolute atomic E-state index is 11.6. The Morgan fingerprint density at radius 3 is 2.40 bits per heavy atom. The Hall–Kier alpha value is -2.04. The van der Waals surface area contributed by atoms with E-state index in [2.05, 4.69) is 24.5 Å².